The molecule has 0 aliphatic rings. The van der Waals surface area contributed by atoms with Crippen molar-refractivity contribution in [1.29, 1.82) is 0 Å². The lowest BCUT2D eigenvalue weighted by Crippen LogP contribution is -2.28. The molecular weight excluding hydrogens is 239 g/mol. The van der Waals surface area contributed by atoms with Gasteiger partial charge in [0.25, 0.3) is 0 Å². The zero-order valence-corrected chi connectivity index (χ0v) is 9.21. The largest absolute Gasteiger partial charge is 0.502 e. The Labute approximate surface area is 95.7 Å². The lowest BCUT2D eigenvalue weighted by Gasteiger charge is -2.18. The molecule has 0 heterocycles. The summed E-state index contributed by atoms with van der Waals surface area (Å²) >= 11 is 0. The summed E-state index contributed by atoms with van der Waals surface area (Å²) < 4.78 is 46.8. The number of hydrogen-bond donors (Lipinski definition) is 2. The van der Waals surface area contributed by atoms with E-state index in [4.69, 9.17) is 15.2 Å². The van der Waals surface area contributed by atoms with E-state index >= 15 is 0 Å². The molecule has 1 rings (SSSR count). The van der Waals surface area contributed by atoms with Crippen LogP contribution in [0.4, 0.5) is 13.2 Å². The molecule has 0 saturated carbocycles. The minimum atomic E-state index is -4.58. The summed E-state index contributed by atoms with van der Waals surface area (Å²) in [5.74, 6) is -0.619. The standard InChI is InChI=1S/C10H12F3NO3/c1-16-6-3-5(9(14)10(11,12)13)4-7(17-2)8(6)15/h3-4,9,15H,14H2,1-2H3/t9-/m0/s1. The maximum atomic E-state index is 12.4. The van der Waals surface area contributed by atoms with E-state index in [0.29, 0.717) is 0 Å². The monoisotopic (exact) mass is 251 g/mol. The van der Waals surface area contributed by atoms with Gasteiger partial charge in [0.1, 0.15) is 6.04 Å². The summed E-state index contributed by atoms with van der Waals surface area (Å²) in [6.45, 7) is 0. The number of alkyl halides is 3. The summed E-state index contributed by atoms with van der Waals surface area (Å²) in [6.07, 6.45) is -4.58. The number of methoxy groups -OCH3 is 2. The molecule has 0 aliphatic heterocycles. The first-order valence-corrected chi connectivity index (χ1v) is 4.58. The van der Waals surface area contributed by atoms with E-state index in [1.54, 1.807) is 0 Å². The number of phenolic OH excluding ortho intramolecular Hbond substituents is 1. The fourth-order valence-electron chi connectivity index (χ4n) is 1.28. The van der Waals surface area contributed by atoms with Crippen LogP contribution in [0.1, 0.15) is 11.6 Å². The number of aromatic hydroxyl groups is 1. The second-order valence-corrected chi connectivity index (χ2v) is 3.29. The van der Waals surface area contributed by atoms with E-state index < -0.39 is 12.2 Å². The number of phenols is 1. The molecule has 0 bridgehead atoms. The number of nitrogens with two attached hydrogens (primary N) is 1. The Morgan fingerprint density at radius 3 is 1.88 bits per heavy atom. The molecule has 0 spiro atoms. The van der Waals surface area contributed by atoms with Crippen molar-refractivity contribution in [2.45, 2.75) is 12.2 Å². The van der Waals surface area contributed by atoms with Crippen molar-refractivity contribution in [3.05, 3.63) is 17.7 Å². The van der Waals surface area contributed by atoms with Gasteiger partial charge in [-0.1, -0.05) is 0 Å². The van der Waals surface area contributed by atoms with E-state index in [0.717, 1.165) is 12.1 Å². The third-order valence-electron chi connectivity index (χ3n) is 2.21. The second-order valence-electron chi connectivity index (χ2n) is 3.29. The maximum Gasteiger partial charge on any atom is 0.407 e. The molecule has 0 unspecified atom stereocenters. The first kappa shape index (κ1) is 13.4. The molecule has 0 aromatic heterocycles. The lowest BCUT2D eigenvalue weighted by atomic mass is 10.1. The van der Waals surface area contributed by atoms with Crippen molar-refractivity contribution >= 4 is 0 Å². The molecular formula is C10H12F3NO3. The molecule has 17 heavy (non-hydrogen) atoms. The fraction of sp³-hybridized carbons (Fsp3) is 0.400. The average molecular weight is 251 g/mol. The van der Waals surface area contributed by atoms with Gasteiger partial charge in [-0.05, 0) is 17.7 Å². The zero-order valence-electron chi connectivity index (χ0n) is 9.21. The molecule has 0 radical (unpaired) electrons. The zero-order chi connectivity index (χ0) is 13.2. The highest BCUT2D eigenvalue weighted by molar-refractivity contribution is 5.53. The Morgan fingerprint density at radius 2 is 1.59 bits per heavy atom. The van der Waals surface area contributed by atoms with Crippen LogP contribution in [0.25, 0.3) is 0 Å². The van der Waals surface area contributed by atoms with E-state index in [1.165, 1.54) is 14.2 Å². The highest BCUT2D eigenvalue weighted by atomic mass is 19.4. The predicted octanol–water partition coefficient (Wildman–Crippen LogP) is 1.97. The van der Waals surface area contributed by atoms with Crippen molar-refractivity contribution in [1.82, 2.24) is 0 Å². The van der Waals surface area contributed by atoms with Crippen LogP contribution in [0, 0.1) is 0 Å². The van der Waals surface area contributed by atoms with Crippen molar-refractivity contribution in [3.63, 3.8) is 0 Å². The summed E-state index contributed by atoms with van der Waals surface area (Å²) in [4.78, 5) is 0. The Balaban J connectivity index is 3.27. The number of rotatable bonds is 3. The highest BCUT2D eigenvalue weighted by Gasteiger charge is 2.38. The topological polar surface area (TPSA) is 64.7 Å². The quantitative estimate of drug-likeness (QED) is 0.862. The van der Waals surface area contributed by atoms with Gasteiger partial charge in [-0.25, -0.2) is 0 Å². The van der Waals surface area contributed by atoms with Crippen molar-refractivity contribution in [3.8, 4) is 17.2 Å². The van der Waals surface area contributed by atoms with Crippen LogP contribution in [-0.4, -0.2) is 25.5 Å². The van der Waals surface area contributed by atoms with Crippen LogP contribution in [-0.2, 0) is 0 Å². The van der Waals surface area contributed by atoms with Gasteiger partial charge in [0.05, 0.1) is 14.2 Å². The van der Waals surface area contributed by atoms with Gasteiger partial charge in [-0.3, -0.25) is 0 Å². The Hall–Kier alpha value is -1.63. The molecule has 0 saturated heterocycles. The third kappa shape index (κ3) is 2.73. The van der Waals surface area contributed by atoms with Gasteiger partial charge >= 0.3 is 6.18 Å². The molecule has 3 N–H and O–H groups in total. The molecule has 1 aromatic rings. The Morgan fingerprint density at radius 1 is 1.18 bits per heavy atom. The van der Waals surface area contributed by atoms with Crippen LogP contribution in [0.3, 0.4) is 0 Å². The Bertz CT molecular complexity index is 381. The van der Waals surface area contributed by atoms with Crippen LogP contribution in [0.15, 0.2) is 12.1 Å². The summed E-state index contributed by atoms with van der Waals surface area (Å²) in [5.41, 5.74) is 4.81. The minimum Gasteiger partial charge on any atom is -0.502 e. The smallest absolute Gasteiger partial charge is 0.407 e. The van der Waals surface area contributed by atoms with E-state index in [-0.39, 0.29) is 22.8 Å². The molecule has 0 aliphatic carbocycles. The lowest BCUT2D eigenvalue weighted by molar-refractivity contribution is -0.149. The molecule has 1 atom stereocenters. The van der Waals surface area contributed by atoms with Crippen LogP contribution >= 0.6 is 0 Å². The number of benzene rings is 1. The maximum absolute atomic E-state index is 12.4. The van der Waals surface area contributed by atoms with Gasteiger partial charge in [0.2, 0.25) is 5.75 Å². The van der Waals surface area contributed by atoms with E-state index in [9.17, 15) is 18.3 Å². The van der Waals surface area contributed by atoms with Crippen molar-refractivity contribution < 1.29 is 27.8 Å². The molecule has 0 amide bonds. The fourth-order valence-corrected chi connectivity index (χ4v) is 1.28. The van der Waals surface area contributed by atoms with Gasteiger partial charge in [0, 0.05) is 0 Å². The number of hydrogen-bond acceptors (Lipinski definition) is 4. The van der Waals surface area contributed by atoms with Gasteiger partial charge < -0.3 is 20.3 Å². The molecule has 96 valence electrons. The van der Waals surface area contributed by atoms with Gasteiger partial charge in [0.15, 0.2) is 11.5 Å². The molecule has 4 nitrogen and oxygen atoms in total. The van der Waals surface area contributed by atoms with Gasteiger partial charge in [-0.15, -0.1) is 0 Å². The summed E-state index contributed by atoms with van der Waals surface area (Å²) in [7, 11) is 2.44. The van der Waals surface area contributed by atoms with Gasteiger partial charge in [-0.2, -0.15) is 13.2 Å². The van der Waals surface area contributed by atoms with Crippen LogP contribution in [0.5, 0.6) is 17.2 Å². The number of ether oxygens (including phenoxy) is 2. The summed E-state index contributed by atoms with van der Waals surface area (Å²) in [5, 5.41) is 9.53. The Kier molecular flexibility index (Phi) is 3.72. The van der Waals surface area contributed by atoms with Crippen molar-refractivity contribution in [2.24, 2.45) is 5.73 Å². The third-order valence-corrected chi connectivity index (χ3v) is 2.21. The van der Waals surface area contributed by atoms with Crippen molar-refractivity contribution in [2.75, 3.05) is 14.2 Å². The average Bonchev–Trinajstić information content (AvgIpc) is 2.27. The minimum absolute atomic E-state index is 0.126. The summed E-state index contributed by atoms with van der Waals surface area (Å²) in [6, 6.07) is -0.114. The molecule has 7 heteroatoms. The molecule has 1 aromatic carbocycles. The number of halogens is 3. The first-order valence-electron chi connectivity index (χ1n) is 4.58. The van der Waals surface area contributed by atoms with E-state index in [2.05, 4.69) is 0 Å². The second kappa shape index (κ2) is 4.70. The van der Waals surface area contributed by atoms with Crippen LogP contribution < -0.4 is 15.2 Å². The highest BCUT2D eigenvalue weighted by Crippen LogP contribution is 2.41. The SMILES string of the molecule is COc1cc([C@H](N)C(F)(F)F)cc(OC)c1O. The van der Waals surface area contributed by atoms with Crippen LogP contribution in [0.2, 0.25) is 0 Å². The van der Waals surface area contributed by atoms with E-state index in [1.807, 2.05) is 0 Å². The first-order chi connectivity index (χ1) is 7.81. The normalized spacial score (nSPS) is 13.3. The molecule has 0 fully saturated rings. The predicted molar refractivity (Wildman–Crippen MR) is 54.2 cm³/mol.